The number of hydrogen-bond acceptors (Lipinski definition) is 2. The first kappa shape index (κ1) is 13.2. The van der Waals surface area contributed by atoms with Gasteiger partial charge in [0.25, 0.3) is 0 Å². The molecule has 0 bridgehead atoms. The second kappa shape index (κ2) is 6.26. The van der Waals surface area contributed by atoms with Crippen LogP contribution in [0.1, 0.15) is 0 Å². The van der Waals surface area contributed by atoms with Crippen molar-refractivity contribution in [2.45, 2.75) is 0 Å². The smallest absolute Gasteiger partial charge is 0.450 e. The van der Waals surface area contributed by atoms with Crippen molar-refractivity contribution in [1.29, 1.82) is 5.41 Å². The van der Waals surface area contributed by atoms with Gasteiger partial charge in [-0.25, -0.2) is 4.79 Å². The SMILES string of the molecule is CN(C)C(=N)N(C)C.O=C(O)O. The molecule has 0 aromatic carbocycles. The van der Waals surface area contributed by atoms with E-state index in [1.165, 1.54) is 0 Å². The Morgan fingerprint density at radius 1 is 1.08 bits per heavy atom. The van der Waals surface area contributed by atoms with Crippen LogP contribution in [0.2, 0.25) is 0 Å². The van der Waals surface area contributed by atoms with Gasteiger partial charge < -0.3 is 20.0 Å². The van der Waals surface area contributed by atoms with Crippen molar-refractivity contribution in [3.8, 4) is 0 Å². The molecular weight excluding hydrogens is 162 g/mol. The van der Waals surface area contributed by atoms with E-state index in [0.29, 0.717) is 5.96 Å². The number of nitrogens with one attached hydrogen (secondary N) is 1. The molecule has 0 saturated carbocycles. The van der Waals surface area contributed by atoms with Gasteiger partial charge in [0.2, 0.25) is 0 Å². The van der Waals surface area contributed by atoms with Crippen LogP contribution in [0, 0.1) is 5.41 Å². The summed E-state index contributed by atoms with van der Waals surface area (Å²) in [4.78, 5) is 12.1. The molecule has 0 aliphatic carbocycles. The Balaban J connectivity index is 0. The highest BCUT2D eigenvalue weighted by Gasteiger charge is 1.97. The molecule has 0 aliphatic rings. The molecule has 0 atom stereocenters. The van der Waals surface area contributed by atoms with E-state index in [1.807, 2.05) is 28.2 Å². The van der Waals surface area contributed by atoms with Crippen LogP contribution in [0.25, 0.3) is 0 Å². The molecule has 3 N–H and O–H groups in total. The van der Waals surface area contributed by atoms with Gasteiger partial charge in [0.1, 0.15) is 0 Å². The van der Waals surface area contributed by atoms with E-state index in [9.17, 15) is 0 Å². The van der Waals surface area contributed by atoms with Crippen LogP contribution in [0.3, 0.4) is 0 Å². The Kier molecular flexibility index (Phi) is 6.86. The normalized spacial score (nSPS) is 7.67. The van der Waals surface area contributed by atoms with E-state index in [-0.39, 0.29) is 0 Å². The van der Waals surface area contributed by atoms with Crippen molar-refractivity contribution in [3.05, 3.63) is 0 Å². The van der Waals surface area contributed by atoms with Gasteiger partial charge in [0.05, 0.1) is 0 Å². The largest absolute Gasteiger partial charge is 0.503 e. The molecule has 0 heterocycles. The van der Waals surface area contributed by atoms with Crippen LogP contribution in [0.5, 0.6) is 0 Å². The molecule has 0 aromatic rings. The van der Waals surface area contributed by atoms with E-state index in [4.69, 9.17) is 20.4 Å². The Morgan fingerprint density at radius 2 is 1.25 bits per heavy atom. The number of hydrogen-bond donors (Lipinski definition) is 3. The van der Waals surface area contributed by atoms with E-state index in [1.54, 1.807) is 9.80 Å². The van der Waals surface area contributed by atoms with Crippen LogP contribution in [0.15, 0.2) is 0 Å². The fraction of sp³-hybridized carbons (Fsp3) is 0.667. The number of carbonyl (C=O) groups is 1. The van der Waals surface area contributed by atoms with Crippen molar-refractivity contribution in [1.82, 2.24) is 9.80 Å². The summed E-state index contributed by atoms with van der Waals surface area (Å²) in [5, 5.41) is 21.2. The van der Waals surface area contributed by atoms with Crippen LogP contribution >= 0.6 is 0 Å². The molecule has 72 valence electrons. The predicted octanol–water partition coefficient (Wildman–Crippen LogP) is 0.267. The lowest BCUT2D eigenvalue weighted by molar-refractivity contribution is 0.137. The second-order valence-corrected chi connectivity index (χ2v) is 2.40. The van der Waals surface area contributed by atoms with Crippen molar-refractivity contribution >= 4 is 12.1 Å². The Morgan fingerprint density at radius 3 is 1.25 bits per heavy atom. The highest BCUT2D eigenvalue weighted by Crippen LogP contribution is 1.80. The van der Waals surface area contributed by atoms with Gasteiger partial charge in [-0.2, -0.15) is 0 Å². The lowest BCUT2D eigenvalue weighted by Gasteiger charge is -2.19. The van der Waals surface area contributed by atoms with Crippen molar-refractivity contribution in [2.24, 2.45) is 0 Å². The topological polar surface area (TPSA) is 87.9 Å². The summed E-state index contributed by atoms with van der Waals surface area (Å²) in [6.07, 6.45) is -1.83. The number of guanidine groups is 1. The first-order valence-electron chi connectivity index (χ1n) is 3.14. The molecule has 0 unspecified atom stereocenters. The highest BCUT2D eigenvalue weighted by atomic mass is 16.6. The van der Waals surface area contributed by atoms with Crippen molar-refractivity contribution < 1.29 is 15.0 Å². The Labute approximate surface area is 71.5 Å². The Bertz CT molecular complexity index is 142. The van der Waals surface area contributed by atoms with Gasteiger partial charge in [-0.05, 0) is 0 Å². The summed E-state index contributed by atoms with van der Waals surface area (Å²) in [7, 11) is 7.40. The molecular formula is C6H15N3O3. The molecule has 0 aliphatic heterocycles. The molecule has 0 amide bonds. The molecule has 0 saturated heterocycles. The average molecular weight is 177 g/mol. The van der Waals surface area contributed by atoms with E-state index >= 15 is 0 Å². The third-order valence-corrected chi connectivity index (χ3v) is 0.847. The molecule has 0 fully saturated rings. The van der Waals surface area contributed by atoms with Crippen LogP contribution in [0.4, 0.5) is 4.79 Å². The second-order valence-electron chi connectivity index (χ2n) is 2.40. The molecule has 12 heavy (non-hydrogen) atoms. The van der Waals surface area contributed by atoms with Crippen LogP contribution in [-0.4, -0.2) is 60.3 Å². The quantitative estimate of drug-likeness (QED) is 0.365. The zero-order chi connectivity index (χ0) is 10.3. The maximum Gasteiger partial charge on any atom is 0.503 e. The highest BCUT2D eigenvalue weighted by molar-refractivity contribution is 5.75. The Hall–Kier alpha value is -1.46. The molecule has 0 rings (SSSR count). The van der Waals surface area contributed by atoms with Gasteiger partial charge in [0, 0.05) is 28.2 Å². The summed E-state index contributed by atoms with van der Waals surface area (Å²) in [6.45, 7) is 0. The minimum Gasteiger partial charge on any atom is -0.450 e. The monoisotopic (exact) mass is 177 g/mol. The lowest BCUT2D eigenvalue weighted by atomic mass is 10.7. The predicted molar refractivity (Wildman–Crippen MR) is 45.8 cm³/mol. The third-order valence-electron chi connectivity index (χ3n) is 0.847. The van der Waals surface area contributed by atoms with Gasteiger partial charge in [0.15, 0.2) is 5.96 Å². The maximum atomic E-state index is 8.56. The van der Waals surface area contributed by atoms with Gasteiger partial charge >= 0.3 is 6.16 Å². The molecule has 0 radical (unpaired) electrons. The molecule has 6 heteroatoms. The maximum absolute atomic E-state index is 8.56. The number of carboxylic acid groups (broad SMARTS) is 2. The number of rotatable bonds is 0. The fourth-order valence-electron chi connectivity index (χ4n) is 0.400. The summed E-state index contributed by atoms with van der Waals surface area (Å²) < 4.78 is 0. The first-order chi connectivity index (χ1) is 5.29. The van der Waals surface area contributed by atoms with E-state index in [0.717, 1.165) is 0 Å². The first-order valence-corrected chi connectivity index (χ1v) is 3.14. The average Bonchev–Trinajstić information content (AvgIpc) is 1.84. The van der Waals surface area contributed by atoms with E-state index in [2.05, 4.69) is 0 Å². The number of nitrogens with zero attached hydrogens (tertiary/aromatic N) is 2. The van der Waals surface area contributed by atoms with Gasteiger partial charge in [-0.3, -0.25) is 5.41 Å². The zero-order valence-electron chi connectivity index (χ0n) is 7.70. The van der Waals surface area contributed by atoms with Gasteiger partial charge in [-0.15, -0.1) is 0 Å². The van der Waals surface area contributed by atoms with Gasteiger partial charge in [-0.1, -0.05) is 0 Å². The summed E-state index contributed by atoms with van der Waals surface area (Å²) >= 11 is 0. The van der Waals surface area contributed by atoms with Crippen LogP contribution < -0.4 is 0 Å². The fourth-order valence-corrected chi connectivity index (χ4v) is 0.400. The minimum atomic E-state index is -1.83. The molecule has 0 aromatic heterocycles. The molecule has 6 nitrogen and oxygen atoms in total. The standard InChI is InChI=1S/C5H13N3.CH2O3/c1-7(2)5(6)8(3)4;2-1(3)4/h6H,1-4H3;(H2,2,3,4). The zero-order valence-corrected chi connectivity index (χ0v) is 7.70. The van der Waals surface area contributed by atoms with Crippen molar-refractivity contribution in [2.75, 3.05) is 28.2 Å². The summed E-state index contributed by atoms with van der Waals surface area (Å²) in [5.41, 5.74) is 0. The summed E-state index contributed by atoms with van der Waals surface area (Å²) in [6, 6.07) is 0. The third kappa shape index (κ3) is 11.4. The van der Waals surface area contributed by atoms with Crippen LogP contribution in [-0.2, 0) is 0 Å². The van der Waals surface area contributed by atoms with E-state index < -0.39 is 6.16 Å². The summed E-state index contributed by atoms with van der Waals surface area (Å²) in [5.74, 6) is 0.519. The molecule has 0 spiro atoms. The van der Waals surface area contributed by atoms with Crippen molar-refractivity contribution in [3.63, 3.8) is 0 Å². The minimum absolute atomic E-state index is 0.519. The lowest BCUT2D eigenvalue weighted by Crippen LogP contribution is -2.34.